The second kappa shape index (κ2) is 3.14. The molecule has 58 valence electrons. The van der Waals surface area contributed by atoms with Gasteiger partial charge in [0.1, 0.15) is 5.69 Å². The largest absolute Gasteiger partial charge is 0.397 e. The maximum atomic E-state index is 10.2. The first-order valence-electron chi connectivity index (χ1n) is 3.49. The lowest BCUT2D eigenvalue weighted by atomic mass is 10.1. The second-order valence-electron chi connectivity index (χ2n) is 2.34. The monoisotopic (exact) mass is 150 g/mol. The van der Waals surface area contributed by atoms with Crippen LogP contribution >= 0.6 is 0 Å². The highest BCUT2D eigenvalue weighted by molar-refractivity contribution is 5.63. The molecule has 1 aromatic rings. The van der Waals surface area contributed by atoms with Crippen LogP contribution in [0.1, 0.15) is 12.5 Å². The molecule has 0 saturated heterocycles. The van der Waals surface area contributed by atoms with Crippen LogP contribution in [0.15, 0.2) is 23.4 Å². The topological polar surface area (TPSA) is 55.4 Å². The lowest BCUT2D eigenvalue weighted by molar-refractivity contribution is 1.14. The van der Waals surface area contributed by atoms with Crippen LogP contribution in [0.4, 0.5) is 11.4 Å². The smallest absolute Gasteiger partial charge is 0.131 e. The van der Waals surface area contributed by atoms with Gasteiger partial charge in [0, 0.05) is 0 Å². The summed E-state index contributed by atoms with van der Waals surface area (Å²) in [4.78, 5) is 10.2. The van der Waals surface area contributed by atoms with Gasteiger partial charge in [-0.1, -0.05) is 13.0 Å². The van der Waals surface area contributed by atoms with Crippen LogP contribution in [-0.4, -0.2) is 0 Å². The molecule has 0 atom stereocenters. The Bertz CT molecular complexity index is 271. The van der Waals surface area contributed by atoms with Crippen molar-refractivity contribution in [3.05, 3.63) is 28.7 Å². The molecule has 0 spiro atoms. The molecule has 0 unspecified atom stereocenters. The zero-order chi connectivity index (χ0) is 8.27. The van der Waals surface area contributed by atoms with Crippen LogP contribution < -0.4 is 5.73 Å². The molecule has 3 heteroatoms. The van der Waals surface area contributed by atoms with E-state index in [1.807, 2.05) is 13.0 Å². The van der Waals surface area contributed by atoms with Crippen molar-refractivity contribution in [1.29, 1.82) is 0 Å². The minimum Gasteiger partial charge on any atom is -0.397 e. The summed E-state index contributed by atoms with van der Waals surface area (Å²) in [7, 11) is 0. The first-order valence-corrected chi connectivity index (χ1v) is 3.49. The number of nitrogens with two attached hydrogens (primary N) is 1. The summed E-state index contributed by atoms with van der Waals surface area (Å²) < 4.78 is 0. The van der Waals surface area contributed by atoms with E-state index in [1.54, 1.807) is 12.1 Å². The minimum atomic E-state index is 0.337. The molecule has 0 saturated carbocycles. The maximum Gasteiger partial charge on any atom is 0.131 e. The summed E-state index contributed by atoms with van der Waals surface area (Å²) in [5.41, 5.74) is 7.32. The first-order chi connectivity index (χ1) is 5.27. The standard InChI is InChI=1S/C8H10N2O/c1-2-6-3-4-7(9)8(5-6)10-11/h3-5H,2,9H2,1H3. The Kier molecular flexibility index (Phi) is 2.21. The Morgan fingerprint density at radius 2 is 2.27 bits per heavy atom. The van der Waals surface area contributed by atoms with E-state index in [0.717, 1.165) is 12.0 Å². The summed E-state index contributed by atoms with van der Waals surface area (Å²) >= 11 is 0. The van der Waals surface area contributed by atoms with Gasteiger partial charge in [-0.25, -0.2) is 0 Å². The van der Waals surface area contributed by atoms with Crippen molar-refractivity contribution in [3.8, 4) is 0 Å². The molecule has 0 aliphatic heterocycles. The normalized spacial score (nSPS) is 9.55. The van der Waals surface area contributed by atoms with Gasteiger partial charge in [0.2, 0.25) is 0 Å². The molecular formula is C8H10N2O. The molecule has 0 bridgehead atoms. The zero-order valence-corrected chi connectivity index (χ0v) is 6.37. The van der Waals surface area contributed by atoms with Crippen LogP contribution in [-0.2, 0) is 6.42 Å². The van der Waals surface area contributed by atoms with Crippen LogP contribution in [0.3, 0.4) is 0 Å². The van der Waals surface area contributed by atoms with Crippen molar-refractivity contribution >= 4 is 11.4 Å². The molecule has 1 aromatic carbocycles. The fraction of sp³-hybridized carbons (Fsp3) is 0.250. The van der Waals surface area contributed by atoms with E-state index in [0.29, 0.717) is 11.4 Å². The number of nitrogens with zero attached hydrogens (tertiary/aromatic N) is 1. The van der Waals surface area contributed by atoms with Gasteiger partial charge in [-0.2, -0.15) is 0 Å². The maximum absolute atomic E-state index is 10.2. The molecular weight excluding hydrogens is 140 g/mol. The number of rotatable bonds is 2. The van der Waals surface area contributed by atoms with Gasteiger partial charge >= 0.3 is 0 Å². The summed E-state index contributed by atoms with van der Waals surface area (Å²) in [6.07, 6.45) is 0.892. The van der Waals surface area contributed by atoms with E-state index in [2.05, 4.69) is 5.18 Å². The molecule has 2 N–H and O–H groups in total. The zero-order valence-electron chi connectivity index (χ0n) is 6.37. The lowest BCUT2D eigenvalue weighted by Crippen LogP contribution is -1.86. The molecule has 11 heavy (non-hydrogen) atoms. The Labute approximate surface area is 65.2 Å². The van der Waals surface area contributed by atoms with Crippen molar-refractivity contribution in [2.45, 2.75) is 13.3 Å². The first kappa shape index (κ1) is 7.72. The molecule has 3 nitrogen and oxygen atoms in total. The quantitative estimate of drug-likeness (QED) is 0.519. The van der Waals surface area contributed by atoms with Gasteiger partial charge in [-0.15, -0.1) is 4.91 Å². The summed E-state index contributed by atoms with van der Waals surface area (Å²) in [5.74, 6) is 0. The molecule has 0 aliphatic carbocycles. The van der Waals surface area contributed by atoms with E-state index >= 15 is 0 Å². The van der Waals surface area contributed by atoms with Crippen LogP contribution in [0.5, 0.6) is 0 Å². The Balaban J connectivity index is 3.12. The number of nitrogen functional groups attached to an aromatic ring is 1. The van der Waals surface area contributed by atoms with Gasteiger partial charge in [0.25, 0.3) is 0 Å². The fourth-order valence-corrected chi connectivity index (χ4v) is 0.888. The third-order valence-electron chi connectivity index (χ3n) is 1.60. The third kappa shape index (κ3) is 1.55. The average molecular weight is 150 g/mol. The van der Waals surface area contributed by atoms with Gasteiger partial charge in [-0.05, 0) is 29.3 Å². The van der Waals surface area contributed by atoms with Crippen LogP contribution in [0.25, 0.3) is 0 Å². The Morgan fingerprint density at radius 3 is 2.82 bits per heavy atom. The molecule has 0 fully saturated rings. The number of hydrogen-bond acceptors (Lipinski definition) is 3. The van der Waals surface area contributed by atoms with Gasteiger partial charge in [-0.3, -0.25) is 0 Å². The molecule has 1 rings (SSSR count). The number of anilines is 1. The number of hydrogen-bond donors (Lipinski definition) is 1. The van der Waals surface area contributed by atoms with Crippen molar-refractivity contribution in [3.63, 3.8) is 0 Å². The number of benzene rings is 1. The Morgan fingerprint density at radius 1 is 1.55 bits per heavy atom. The number of nitroso groups, excluding NO2 is 1. The molecule has 0 aliphatic rings. The second-order valence-corrected chi connectivity index (χ2v) is 2.34. The summed E-state index contributed by atoms with van der Waals surface area (Å²) in [6, 6.07) is 5.31. The fourth-order valence-electron chi connectivity index (χ4n) is 0.888. The van der Waals surface area contributed by atoms with Crippen LogP contribution in [0, 0.1) is 4.91 Å². The number of aryl methyl sites for hydroxylation is 1. The summed E-state index contributed by atoms with van der Waals surface area (Å²) in [6.45, 7) is 2.01. The van der Waals surface area contributed by atoms with E-state index in [1.165, 1.54) is 0 Å². The van der Waals surface area contributed by atoms with Crippen LogP contribution in [0.2, 0.25) is 0 Å². The predicted octanol–water partition coefficient (Wildman–Crippen LogP) is 2.23. The van der Waals surface area contributed by atoms with Gasteiger partial charge in [0.05, 0.1) is 5.69 Å². The highest BCUT2D eigenvalue weighted by Crippen LogP contribution is 2.22. The van der Waals surface area contributed by atoms with Crippen molar-refractivity contribution in [2.75, 3.05) is 5.73 Å². The average Bonchev–Trinajstić information content (AvgIpc) is 2.05. The van der Waals surface area contributed by atoms with E-state index in [9.17, 15) is 4.91 Å². The molecule has 0 amide bonds. The van der Waals surface area contributed by atoms with Gasteiger partial charge < -0.3 is 5.73 Å². The van der Waals surface area contributed by atoms with Crippen molar-refractivity contribution < 1.29 is 0 Å². The summed E-state index contributed by atoms with van der Waals surface area (Å²) in [5, 5.41) is 2.80. The Hall–Kier alpha value is -1.38. The van der Waals surface area contributed by atoms with Crippen molar-refractivity contribution in [1.82, 2.24) is 0 Å². The van der Waals surface area contributed by atoms with E-state index < -0.39 is 0 Å². The molecule has 0 radical (unpaired) electrons. The van der Waals surface area contributed by atoms with Crippen molar-refractivity contribution in [2.24, 2.45) is 5.18 Å². The highest BCUT2D eigenvalue weighted by Gasteiger charge is 1.98. The SMILES string of the molecule is CCc1ccc(N)c(N=O)c1. The van der Waals surface area contributed by atoms with Gasteiger partial charge in [0.15, 0.2) is 0 Å². The van der Waals surface area contributed by atoms with E-state index in [-0.39, 0.29) is 0 Å². The third-order valence-corrected chi connectivity index (χ3v) is 1.60. The minimum absolute atomic E-state index is 0.337. The predicted molar refractivity (Wildman–Crippen MR) is 45.7 cm³/mol. The highest BCUT2D eigenvalue weighted by atomic mass is 16.3. The van der Waals surface area contributed by atoms with E-state index in [4.69, 9.17) is 5.73 Å². The molecule has 0 heterocycles. The molecule has 0 aromatic heterocycles. The lowest BCUT2D eigenvalue weighted by Gasteiger charge is -1.98.